The van der Waals surface area contributed by atoms with E-state index in [0.717, 1.165) is 0 Å². The fourth-order valence-corrected chi connectivity index (χ4v) is 2.58. The molecule has 0 spiro atoms. The number of rotatable bonds is 10. The number of carbonyl (C=O) groups excluding carboxylic acids is 2. The molecule has 4 nitrogen and oxygen atoms in total. The molecule has 0 saturated carbocycles. The van der Waals surface area contributed by atoms with Gasteiger partial charge in [0.2, 0.25) is 0 Å². The van der Waals surface area contributed by atoms with Crippen molar-refractivity contribution in [3.05, 3.63) is 0 Å². The monoisotopic (exact) mass is 336 g/mol. The quantitative estimate of drug-likeness (QED) is 0.475. The summed E-state index contributed by atoms with van der Waals surface area (Å²) in [6.07, 6.45) is 0.974. The van der Waals surface area contributed by atoms with Crippen LogP contribution in [0.4, 0.5) is 0 Å². The molecule has 1 unspecified atom stereocenters. The van der Waals surface area contributed by atoms with Gasteiger partial charge < -0.3 is 9.47 Å². The van der Waals surface area contributed by atoms with Gasteiger partial charge in [0.1, 0.15) is 11.2 Å². The molecule has 0 rings (SSSR count). The van der Waals surface area contributed by atoms with Crippen LogP contribution in [0, 0.1) is 0 Å². The first-order valence-electron chi connectivity index (χ1n) is 7.19. The minimum absolute atomic E-state index is 0.0224. The molecule has 0 amide bonds. The van der Waals surface area contributed by atoms with E-state index in [-0.39, 0.29) is 24.3 Å². The summed E-state index contributed by atoms with van der Waals surface area (Å²) in [7, 11) is 0. The Hall–Kier alpha value is -0.200. The SMILES string of the molecule is CC(CC(C)(C)OC(=O)CCS)OC(C)(C)C(=O)CCS. The average molecular weight is 337 g/mol. The average Bonchev–Trinajstić information content (AvgIpc) is 2.26. The van der Waals surface area contributed by atoms with Gasteiger partial charge in [0.25, 0.3) is 0 Å². The van der Waals surface area contributed by atoms with Gasteiger partial charge in [-0.05, 0) is 40.4 Å². The maximum Gasteiger partial charge on any atom is 0.307 e. The smallest absolute Gasteiger partial charge is 0.307 e. The Morgan fingerprint density at radius 1 is 1.05 bits per heavy atom. The van der Waals surface area contributed by atoms with Crippen LogP contribution in [0.5, 0.6) is 0 Å². The molecule has 21 heavy (non-hydrogen) atoms. The van der Waals surface area contributed by atoms with Crippen molar-refractivity contribution in [1.82, 2.24) is 0 Å². The molecule has 124 valence electrons. The number of thiol groups is 2. The first-order chi connectivity index (χ1) is 9.54. The third-order valence-corrected chi connectivity index (χ3v) is 3.44. The third kappa shape index (κ3) is 8.73. The van der Waals surface area contributed by atoms with E-state index < -0.39 is 11.2 Å². The van der Waals surface area contributed by atoms with Gasteiger partial charge in [-0.1, -0.05) is 0 Å². The van der Waals surface area contributed by atoms with Crippen LogP contribution in [0.2, 0.25) is 0 Å². The maximum atomic E-state index is 12.0. The van der Waals surface area contributed by atoms with Gasteiger partial charge in [0, 0.05) is 18.6 Å². The zero-order chi connectivity index (χ0) is 16.7. The Kier molecular flexibility index (Phi) is 8.97. The molecule has 0 aromatic heterocycles. The first-order valence-corrected chi connectivity index (χ1v) is 8.45. The highest BCUT2D eigenvalue weighted by Gasteiger charge is 2.33. The van der Waals surface area contributed by atoms with Gasteiger partial charge in [-0.15, -0.1) is 0 Å². The van der Waals surface area contributed by atoms with Gasteiger partial charge in [-0.25, -0.2) is 0 Å². The normalized spacial score (nSPS) is 13.9. The second-order valence-electron chi connectivity index (χ2n) is 6.25. The fraction of sp³-hybridized carbons (Fsp3) is 0.867. The number of carbonyl (C=O) groups is 2. The van der Waals surface area contributed by atoms with E-state index in [9.17, 15) is 9.59 Å². The summed E-state index contributed by atoms with van der Waals surface area (Å²) in [4.78, 5) is 23.5. The predicted octanol–water partition coefficient (Wildman–Crippen LogP) is 3.09. The molecule has 1 atom stereocenters. The molecule has 0 N–H and O–H groups in total. The van der Waals surface area contributed by atoms with Crippen LogP contribution in [0.25, 0.3) is 0 Å². The molecule has 0 aliphatic rings. The summed E-state index contributed by atoms with van der Waals surface area (Å²) in [6.45, 7) is 9.08. The lowest BCUT2D eigenvalue weighted by molar-refractivity contribution is -0.165. The lowest BCUT2D eigenvalue weighted by Gasteiger charge is -2.33. The Morgan fingerprint density at radius 2 is 1.57 bits per heavy atom. The zero-order valence-corrected chi connectivity index (χ0v) is 15.4. The summed E-state index contributed by atoms with van der Waals surface area (Å²) in [5.41, 5.74) is -1.49. The standard InChI is InChI=1S/C15H28O4S2/c1-11(18-15(4,5)12(16)6-8-20)10-14(2,3)19-13(17)7-9-21/h11,20-21H,6-10H2,1-5H3. The van der Waals surface area contributed by atoms with E-state index in [2.05, 4.69) is 25.3 Å². The van der Waals surface area contributed by atoms with Crippen molar-refractivity contribution < 1.29 is 19.1 Å². The first kappa shape index (κ1) is 20.8. The number of ketones is 1. The minimum atomic E-state index is -0.854. The Balaban J connectivity index is 4.49. The summed E-state index contributed by atoms with van der Waals surface area (Å²) >= 11 is 8.08. The van der Waals surface area contributed by atoms with Crippen LogP contribution in [-0.2, 0) is 19.1 Å². The van der Waals surface area contributed by atoms with Crippen LogP contribution >= 0.6 is 25.3 Å². The Morgan fingerprint density at radius 3 is 2.05 bits per heavy atom. The van der Waals surface area contributed by atoms with Crippen LogP contribution < -0.4 is 0 Å². The van der Waals surface area contributed by atoms with E-state index >= 15 is 0 Å². The molecule has 0 fully saturated rings. The number of esters is 1. The van der Waals surface area contributed by atoms with Crippen molar-refractivity contribution in [2.45, 2.75) is 71.2 Å². The van der Waals surface area contributed by atoms with Gasteiger partial charge in [0.05, 0.1) is 12.5 Å². The topological polar surface area (TPSA) is 52.6 Å². The number of hydrogen-bond donors (Lipinski definition) is 2. The highest BCUT2D eigenvalue weighted by atomic mass is 32.1. The highest BCUT2D eigenvalue weighted by Crippen LogP contribution is 2.24. The van der Waals surface area contributed by atoms with Crippen LogP contribution in [0.1, 0.15) is 53.9 Å². The number of ether oxygens (including phenoxy) is 2. The largest absolute Gasteiger partial charge is 0.460 e. The van der Waals surface area contributed by atoms with E-state index in [0.29, 0.717) is 24.3 Å². The molecular formula is C15H28O4S2. The Bertz CT molecular complexity index is 354. The number of hydrogen-bond acceptors (Lipinski definition) is 6. The van der Waals surface area contributed by atoms with Crippen LogP contribution in [0.3, 0.4) is 0 Å². The molecule has 0 aromatic rings. The summed E-state index contributed by atoms with van der Waals surface area (Å²) in [5.74, 6) is 0.723. The molecule has 0 aliphatic heterocycles. The van der Waals surface area contributed by atoms with Gasteiger partial charge in [-0.2, -0.15) is 25.3 Å². The second-order valence-corrected chi connectivity index (χ2v) is 7.14. The molecule has 0 heterocycles. The third-order valence-electron chi connectivity index (χ3n) is 2.99. The molecule has 6 heteroatoms. The van der Waals surface area contributed by atoms with E-state index in [1.165, 1.54) is 0 Å². The predicted molar refractivity (Wildman–Crippen MR) is 91.4 cm³/mol. The second kappa shape index (κ2) is 9.06. The lowest BCUT2D eigenvalue weighted by atomic mass is 9.98. The zero-order valence-electron chi connectivity index (χ0n) is 13.6. The summed E-state index contributed by atoms with van der Waals surface area (Å²) in [6, 6.07) is 0. The molecule has 0 aliphatic carbocycles. The van der Waals surface area contributed by atoms with E-state index in [1.807, 2.05) is 20.8 Å². The Labute approximate surface area is 139 Å². The molecule has 0 aromatic carbocycles. The van der Waals surface area contributed by atoms with Crippen LogP contribution in [0.15, 0.2) is 0 Å². The summed E-state index contributed by atoms with van der Waals surface area (Å²) in [5, 5.41) is 0. The molecule has 0 radical (unpaired) electrons. The minimum Gasteiger partial charge on any atom is -0.460 e. The van der Waals surface area contributed by atoms with Crippen molar-refractivity contribution in [3.63, 3.8) is 0 Å². The fourth-order valence-electron chi connectivity index (χ4n) is 2.20. The van der Waals surface area contributed by atoms with Crippen molar-refractivity contribution in [2.24, 2.45) is 0 Å². The van der Waals surface area contributed by atoms with Crippen molar-refractivity contribution >= 4 is 37.0 Å². The van der Waals surface area contributed by atoms with Gasteiger partial charge in [-0.3, -0.25) is 9.59 Å². The van der Waals surface area contributed by atoms with Gasteiger partial charge >= 0.3 is 5.97 Å². The molecular weight excluding hydrogens is 308 g/mol. The lowest BCUT2D eigenvalue weighted by Crippen LogP contribution is -2.41. The summed E-state index contributed by atoms with van der Waals surface area (Å²) < 4.78 is 11.2. The van der Waals surface area contributed by atoms with E-state index in [1.54, 1.807) is 13.8 Å². The van der Waals surface area contributed by atoms with Crippen LogP contribution in [-0.4, -0.2) is 40.6 Å². The van der Waals surface area contributed by atoms with E-state index in [4.69, 9.17) is 9.47 Å². The van der Waals surface area contributed by atoms with Gasteiger partial charge in [0.15, 0.2) is 5.78 Å². The van der Waals surface area contributed by atoms with Crippen molar-refractivity contribution in [2.75, 3.05) is 11.5 Å². The number of Topliss-reactive ketones (excluding diaryl/α,β-unsaturated/α-hetero) is 1. The molecule has 0 saturated heterocycles. The maximum absolute atomic E-state index is 12.0. The van der Waals surface area contributed by atoms with Crippen molar-refractivity contribution in [3.8, 4) is 0 Å². The molecule has 0 bridgehead atoms. The van der Waals surface area contributed by atoms with Crippen molar-refractivity contribution in [1.29, 1.82) is 0 Å². The highest BCUT2D eigenvalue weighted by molar-refractivity contribution is 7.80.